The second-order valence-electron chi connectivity index (χ2n) is 3.85. The largest absolute Gasteiger partial charge is 0.381 e. The molecule has 7 heteroatoms. The molecule has 0 saturated heterocycles. The van der Waals surface area contributed by atoms with Crippen LogP contribution in [0.2, 0.25) is 5.02 Å². The highest BCUT2D eigenvalue weighted by Gasteiger charge is 2.14. The lowest BCUT2D eigenvalue weighted by molar-refractivity contribution is -0.118. The van der Waals surface area contributed by atoms with E-state index in [1.165, 1.54) is 0 Å². The Hall–Kier alpha value is -1.24. The fraction of sp³-hybridized carbons (Fsp3) is 0.364. The van der Waals surface area contributed by atoms with Crippen LogP contribution >= 0.6 is 23.3 Å². The number of hydrogen-bond donors (Lipinski definition) is 1. The number of carbonyl (C=O) groups excluding carboxylic acids is 1. The second-order valence-corrected chi connectivity index (χ2v) is 4.79. The molecule has 1 aromatic carbocycles. The Bertz CT molecular complexity index is 572. The first-order valence-electron chi connectivity index (χ1n) is 5.35. The number of halogens is 1. The van der Waals surface area contributed by atoms with Gasteiger partial charge in [0.1, 0.15) is 11.0 Å². The van der Waals surface area contributed by atoms with E-state index in [2.05, 4.69) is 14.1 Å². The molecule has 0 radical (unpaired) electrons. The van der Waals surface area contributed by atoms with Crippen molar-refractivity contribution in [3.05, 3.63) is 17.2 Å². The predicted molar refractivity (Wildman–Crippen MR) is 72.1 cm³/mol. The maximum absolute atomic E-state index is 11.8. The van der Waals surface area contributed by atoms with Gasteiger partial charge in [-0.05, 0) is 19.1 Å². The van der Waals surface area contributed by atoms with Crippen molar-refractivity contribution >= 4 is 46.0 Å². The molecule has 0 spiro atoms. The second kappa shape index (κ2) is 5.60. The molecule has 0 aliphatic rings. The Labute approximate surface area is 113 Å². The summed E-state index contributed by atoms with van der Waals surface area (Å²) in [4.78, 5) is 11.8. The number of hydrogen-bond acceptors (Lipinski definition) is 5. The Morgan fingerprint density at radius 1 is 1.56 bits per heavy atom. The molecular formula is C11H12ClN3O2S. The average Bonchev–Trinajstić information content (AvgIpc) is 2.81. The van der Waals surface area contributed by atoms with Gasteiger partial charge in [-0.3, -0.25) is 4.79 Å². The van der Waals surface area contributed by atoms with Crippen LogP contribution < -0.4 is 5.32 Å². The minimum atomic E-state index is -0.160. The third kappa shape index (κ3) is 2.77. The number of carbonyl (C=O) groups is 1. The van der Waals surface area contributed by atoms with Crippen LogP contribution in [0.25, 0.3) is 11.0 Å². The fourth-order valence-corrected chi connectivity index (χ4v) is 2.22. The number of nitrogens with zero attached hydrogens (tertiary/aromatic N) is 2. The summed E-state index contributed by atoms with van der Waals surface area (Å²) in [6.45, 7) is 1.83. The molecule has 1 atom stereocenters. The number of nitrogens with one attached hydrogen (secondary N) is 1. The Morgan fingerprint density at radius 3 is 3.06 bits per heavy atom. The SMILES string of the molecule is COC(C)CC(=O)Nc1c(Cl)ccc2nsnc12. The van der Waals surface area contributed by atoms with Gasteiger partial charge in [-0.15, -0.1) is 0 Å². The summed E-state index contributed by atoms with van der Waals surface area (Å²) in [5, 5.41) is 3.21. The van der Waals surface area contributed by atoms with Crippen molar-refractivity contribution in [1.29, 1.82) is 0 Å². The first kappa shape index (κ1) is 13.2. The molecule has 1 amide bonds. The molecule has 96 valence electrons. The van der Waals surface area contributed by atoms with Gasteiger partial charge in [0.15, 0.2) is 0 Å². The quantitative estimate of drug-likeness (QED) is 0.938. The highest BCUT2D eigenvalue weighted by atomic mass is 35.5. The third-order valence-corrected chi connectivity index (χ3v) is 3.37. The van der Waals surface area contributed by atoms with E-state index in [0.29, 0.717) is 16.2 Å². The summed E-state index contributed by atoms with van der Waals surface area (Å²) in [6, 6.07) is 3.47. The fourth-order valence-electron chi connectivity index (χ4n) is 1.48. The Kier molecular flexibility index (Phi) is 4.11. The molecule has 1 heterocycles. The number of aromatic nitrogens is 2. The van der Waals surface area contributed by atoms with Crippen LogP contribution in [0, 0.1) is 0 Å². The van der Waals surface area contributed by atoms with Crippen molar-refractivity contribution in [1.82, 2.24) is 8.75 Å². The van der Waals surface area contributed by atoms with Gasteiger partial charge in [-0.2, -0.15) is 8.75 Å². The normalized spacial score (nSPS) is 12.6. The number of anilines is 1. The van der Waals surface area contributed by atoms with E-state index in [1.807, 2.05) is 6.92 Å². The molecule has 0 aliphatic carbocycles. The number of methoxy groups -OCH3 is 1. The zero-order valence-electron chi connectivity index (χ0n) is 9.94. The number of benzene rings is 1. The van der Waals surface area contributed by atoms with E-state index in [0.717, 1.165) is 17.2 Å². The number of amides is 1. The van der Waals surface area contributed by atoms with Gasteiger partial charge in [0, 0.05) is 7.11 Å². The van der Waals surface area contributed by atoms with E-state index in [-0.39, 0.29) is 18.4 Å². The summed E-state index contributed by atoms with van der Waals surface area (Å²) < 4.78 is 13.3. The maximum atomic E-state index is 11.8. The topological polar surface area (TPSA) is 64.1 Å². The zero-order chi connectivity index (χ0) is 13.1. The zero-order valence-corrected chi connectivity index (χ0v) is 11.5. The lowest BCUT2D eigenvalue weighted by Gasteiger charge is -2.11. The Morgan fingerprint density at radius 2 is 2.33 bits per heavy atom. The van der Waals surface area contributed by atoms with Gasteiger partial charge in [0.2, 0.25) is 5.91 Å². The van der Waals surface area contributed by atoms with E-state index in [9.17, 15) is 4.79 Å². The van der Waals surface area contributed by atoms with Crippen LogP contribution in [0.4, 0.5) is 5.69 Å². The number of ether oxygens (including phenoxy) is 1. The molecule has 1 aromatic heterocycles. The first-order valence-corrected chi connectivity index (χ1v) is 6.46. The van der Waals surface area contributed by atoms with Crippen LogP contribution in [0.1, 0.15) is 13.3 Å². The van der Waals surface area contributed by atoms with Crippen molar-refractivity contribution in [3.63, 3.8) is 0 Å². The summed E-state index contributed by atoms with van der Waals surface area (Å²) in [5.41, 5.74) is 1.85. The van der Waals surface area contributed by atoms with Gasteiger partial charge in [-0.1, -0.05) is 11.6 Å². The lowest BCUT2D eigenvalue weighted by Crippen LogP contribution is -2.19. The Balaban J connectivity index is 2.23. The standard InChI is InChI=1S/C11H12ClN3O2S/c1-6(17-2)5-9(16)13-10-7(12)3-4-8-11(10)15-18-14-8/h3-4,6H,5H2,1-2H3,(H,13,16). The summed E-state index contributed by atoms with van der Waals surface area (Å²) in [6.07, 6.45) is 0.123. The average molecular weight is 286 g/mol. The van der Waals surface area contributed by atoms with Gasteiger partial charge in [-0.25, -0.2) is 0 Å². The molecule has 2 rings (SSSR count). The summed E-state index contributed by atoms with van der Waals surface area (Å²) in [7, 11) is 1.57. The van der Waals surface area contributed by atoms with Crippen LogP contribution in [0.3, 0.4) is 0 Å². The molecule has 1 unspecified atom stereocenters. The molecule has 0 saturated carbocycles. The van der Waals surface area contributed by atoms with Gasteiger partial charge < -0.3 is 10.1 Å². The van der Waals surface area contributed by atoms with Crippen LogP contribution in [-0.2, 0) is 9.53 Å². The number of rotatable bonds is 4. The van der Waals surface area contributed by atoms with Gasteiger partial charge in [0.05, 0.1) is 35.0 Å². The van der Waals surface area contributed by atoms with Crippen molar-refractivity contribution in [2.24, 2.45) is 0 Å². The van der Waals surface area contributed by atoms with Crippen LogP contribution in [-0.4, -0.2) is 27.9 Å². The molecule has 0 fully saturated rings. The lowest BCUT2D eigenvalue weighted by atomic mass is 10.2. The predicted octanol–water partition coefficient (Wildman–Crippen LogP) is 2.71. The molecular weight excluding hydrogens is 274 g/mol. The highest BCUT2D eigenvalue weighted by Crippen LogP contribution is 2.30. The first-order chi connectivity index (χ1) is 8.61. The number of fused-ring (bicyclic) bond motifs is 1. The van der Waals surface area contributed by atoms with Crippen LogP contribution in [0.15, 0.2) is 12.1 Å². The van der Waals surface area contributed by atoms with Gasteiger partial charge in [0.25, 0.3) is 0 Å². The highest BCUT2D eigenvalue weighted by molar-refractivity contribution is 7.00. The summed E-state index contributed by atoms with van der Waals surface area (Å²) >= 11 is 7.15. The molecule has 0 aliphatic heterocycles. The molecule has 0 bridgehead atoms. The molecule has 18 heavy (non-hydrogen) atoms. The van der Waals surface area contributed by atoms with Crippen molar-refractivity contribution in [2.45, 2.75) is 19.4 Å². The monoisotopic (exact) mass is 285 g/mol. The van der Waals surface area contributed by atoms with Crippen LogP contribution in [0.5, 0.6) is 0 Å². The smallest absolute Gasteiger partial charge is 0.227 e. The van der Waals surface area contributed by atoms with E-state index < -0.39 is 0 Å². The van der Waals surface area contributed by atoms with Crippen molar-refractivity contribution < 1.29 is 9.53 Å². The molecule has 2 aromatic rings. The maximum Gasteiger partial charge on any atom is 0.227 e. The van der Waals surface area contributed by atoms with Crippen molar-refractivity contribution in [3.8, 4) is 0 Å². The van der Waals surface area contributed by atoms with Gasteiger partial charge >= 0.3 is 0 Å². The summed E-state index contributed by atoms with van der Waals surface area (Å²) in [5.74, 6) is -0.160. The molecule has 5 nitrogen and oxygen atoms in total. The molecule has 1 N–H and O–H groups in total. The van der Waals surface area contributed by atoms with E-state index in [4.69, 9.17) is 16.3 Å². The minimum absolute atomic E-state index is 0.142. The minimum Gasteiger partial charge on any atom is -0.381 e. The third-order valence-electron chi connectivity index (χ3n) is 2.52. The van der Waals surface area contributed by atoms with E-state index in [1.54, 1.807) is 19.2 Å². The van der Waals surface area contributed by atoms with Crippen molar-refractivity contribution in [2.75, 3.05) is 12.4 Å². The van der Waals surface area contributed by atoms with E-state index >= 15 is 0 Å².